The molecule has 2 fully saturated rings. The molecular formula is C23H32N2O2. The van der Waals surface area contributed by atoms with Crippen LogP contribution in [0.5, 0.6) is 0 Å². The van der Waals surface area contributed by atoms with Crippen LogP contribution in [0, 0.1) is 5.92 Å². The van der Waals surface area contributed by atoms with Crippen LogP contribution in [0.1, 0.15) is 37.7 Å². The fraction of sp³-hybridized carbons (Fsp3) is 0.522. The third-order valence-corrected chi connectivity index (χ3v) is 5.55. The summed E-state index contributed by atoms with van der Waals surface area (Å²) in [5.41, 5.74) is 2.27. The molecule has 146 valence electrons. The second kappa shape index (κ2) is 10.3. The van der Waals surface area contributed by atoms with Crippen LogP contribution in [0.2, 0.25) is 0 Å². The first-order valence-electron chi connectivity index (χ1n) is 10.3. The number of amides is 1. The van der Waals surface area contributed by atoms with E-state index in [4.69, 9.17) is 4.74 Å². The standard InChI is InChI=1S/C23H32N2O2/c1-2-14-25(19-21-6-4-3-5-7-21)23(26)13-10-20-8-11-22(12-9-20)24-15-17-27-18-16-24/h2,8-13,21H,1,3-7,14-19H2. The summed E-state index contributed by atoms with van der Waals surface area (Å²) in [5, 5.41) is 0. The summed E-state index contributed by atoms with van der Waals surface area (Å²) in [6.07, 6.45) is 11.9. The van der Waals surface area contributed by atoms with Gasteiger partial charge in [0.1, 0.15) is 0 Å². The van der Waals surface area contributed by atoms with Crippen LogP contribution in [-0.4, -0.2) is 50.2 Å². The quantitative estimate of drug-likeness (QED) is 0.536. The predicted octanol–water partition coefficient (Wildman–Crippen LogP) is 4.13. The number of hydrogen-bond acceptors (Lipinski definition) is 3. The van der Waals surface area contributed by atoms with E-state index in [1.54, 1.807) is 6.08 Å². The Bertz CT molecular complexity index is 626. The Labute approximate surface area is 163 Å². The maximum atomic E-state index is 12.7. The zero-order valence-corrected chi connectivity index (χ0v) is 16.3. The monoisotopic (exact) mass is 368 g/mol. The van der Waals surface area contributed by atoms with Crippen LogP contribution in [0.15, 0.2) is 43.0 Å². The number of nitrogens with zero attached hydrogens (tertiary/aromatic N) is 2. The van der Waals surface area contributed by atoms with Crippen molar-refractivity contribution in [1.29, 1.82) is 0 Å². The van der Waals surface area contributed by atoms with Crippen molar-refractivity contribution in [3.05, 3.63) is 48.6 Å². The third kappa shape index (κ3) is 5.96. The second-order valence-corrected chi connectivity index (χ2v) is 7.56. The molecule has 0 atom stereocenters. The molecule has 0 aromatic heterocycles. The van der Waals surface area contributed by atoms with E-state index in [2.05, 4.69) is 35.7 Å². The van der Waals surface area contributed by atoms with E-state index in [-0.39, 0.29) is 5.91 Å². The molecule has 0 radical (unpaired) electrons. The Morgan fingerprint density at radius 2 is 1.85 bits per heavy atom. The van der Waals surface area contributed by atoms with Crippen molar-refractivity contribution in [2.45, 2.75) is 32.1 Å². The molecule has 0 N–H and O–H groups in total. The molecule has 1 saturated heterocycles. The minimum Gasteiger partial charge on any atom is -0.378 e. The van der Waals surface area contributed by atoms with Crippen molar-refractivity contribution < 1.29 is 9.53 Å². The number of ether oxygens (including phenoxy) is 1. The van der Waals surface area contributed by atoms with Gasteiger partial charge in [-0.1, -0.05) is 37.5 Å². The van der Waals surface area contributed by atoms with Crippen LogP contribution < -0.4 is 4.90 Å². The van der Waals surface area contributed by atoms with Crippen molar-refractivity contribution in [2.75, 3.05) is 44.3 Å². The predicted molar refractivity (Wildman–Crippen MR) is 112 cm³/mol. The van der Waals surface area contributed by atoms with Crippen molar-refractivity contribution in [2.24, 2.45) is 5.92 Å². The Hall–Kier alpha value is -2.07. The van der Waals surface area contributed by atoms with Crippen molar-refractivity contribution >= 4 is 17.7 Å². The number of morpholine rings is 1. The average Bonchev–Trinajstić information content (AvgIpc) is 2.73. The van der Waals surface area contributed by atoms with E-state index in [0.29, 0.717) is 12.5 Å². The maximum Gasteiger partial charge on any atom is 0.246 e. The van der Waals surface area contributed by atoms with E-state index in [1.807, 2.05) is 17.1 Å². The summed E-state index contributed by atoms with van der Waals surface area (Å²) in [5.74, 6) is 0.724. The molecule has 1 aromatic rings. The molecule has 1 aliphatic carbocycles. The average molecular weight is 369 g/mol. The largest absolute Gasteiger partial charge is 0.378 e. The van der Waals surface area contributed by atoms with Gasteiger partial charge in [-0.05, 0) is 42.5 Å². The summed E-state index contributed by atoms with van der Waals surface area (Å²) >= 11 is 0. The third-order valence-electron chi connectivity index (χ3n) is 5.55. The second-order valence-electron chi connectivity index (χ2n) is 7.56. The van der Waals surface area contributed by atoms with Gasteiger partial charge in [-0.3, -0.25) is 4.79 Å². The summed E-state index contributed by atoms with van der Waals surface area (Å²) in [6.45, 7) is 8.74. The molecule has 1 amide bonds. The Balaban J connectivity index is 1.57. The minimum absolute atomic E-state index is 0.0812. The highest BCUT2D eigenvalue weighted by Gasteiger charge is 2.19. The fourth-order valence-corrected chi connectivity index (χ4v) is 3.98. The Morgan fingerprint density at radius 1 is 1.15 bits per heavy atom. The van der Waals surface area contributed by atoms with Gasteiger partial charge in [0.2, 0.25) is 5.91 Å². The first-order chi connectivity index (χ1) is 13.3. The SMILES string of the molecule is C=CCN(CC1CCCCC1)C(=O)C=Cc1ccc(N2CCOCC2)cc1. The molecular weight excluding hydrogens is 336 g/mol. The summed E-state index contributed by atoms with van der Waals surface area (Å²) in [7, 11) is 0. The van der Waals surface area contributed by atoms with Gasteiger partial charge in [0.15, 0.2) is 0 Å². The molecule has 4 nitrogen and oxygen atoms in total. The van der Waals surface area contributed by atoms with Gasteiger partial charge < -0.3 is 14.5 Å². The van der Waals surface area contributed by atoms with Crippen LogP contribution in [-0.2, 0) is 9.53 Å². The van der Waals surface area contributed by atoms with Crippen molar-refractivity contribution in [1.82, 2.24) is 4.90 Å². The first kappa shape index (κ1) is 19.7. The van der Waals surface area contributed by atoms with E-state index < -0.39 is 0 Å². The number of carbonyl (C=O) groups is 1. The normalized spacial score (nSPS) is 18.6. The van der Waals surface area contributed by atoms with Gasteiger partial charge in [0.05, 0.1) is 13.2 Å². The Morgan fingerprint density at radius 3 is 2.52 bits per heavy atom. The van der Waals surface area contributed by atoms with E-state index in [0.717, 1.165) is 38.4 Å². The molecule has 1 saturated carbocycles. The lowest BCUT2D eigenvalue weighted by Crippen LogP contribution is -2.36. The number of carbonyl (C=O) groups excluding carboxylic acids is 1. The van der Waals surface area contributed by atoms with E-state index in [9.17, 15) is 4.79 Å². The molecule has 2 aliphatic rings. The van der Waals surface area contributed by atoms with Crippen molar-refractivity contribution in [3.8, 4) is 0 Å². The van der Waals surface area contributed by atoms with E-state index in [1.165, 1.54) is 37.8 Å². The van der Waals surface area contributed by atoms with Gasteiger partial charge in [0.25, 0.3) is 0 Å². The van der Waals surface area contributed by atoms with Crippen LogP contribution in [0.25, 0.3) is 6.08 Å². The topological polar surface area (TPSA) is 32.8 Å². The highest BCUT2D eigenvalue weighted by Crippen LogP contribution is 2.24. The van der Waals surface area contributed by atoms with Crippen LogP contribution in [0.4, 0.5) is 5.69 Å². The number of benzene rings is 1. The smallest absolute Gasteiger partial charge is 0.246 e. The first-order valence-corrected chi connectivity index (χ1v) is 10.3. The van der Waals surface area contributed by atoms with Gasteiger partial charge in [-0.25, -0.2) is 0 Å². The number of hydrogen-bond donors (Lipinski definition) is 0. The molecule has 0 spiro atoms. The van der Waals surface area contributed by atoms with E-state index >= 15 is 0 Å². The lowest BCUT2D eigenvalue weighted by Gasteiger charge is -2.29. The van der Waals surface area contributed by atoms with Crippen molar-refractivity contribution in [3.63, 3.8) is 0 Å². The van der Waals surface area contributed by atoms with Gasteiger partial charge in [-0.15, -0.1) is 6.58 Å². The fourth-order valence-electron chi connectivity index (χ4n) is 3.98. The molecule has 27 heavy (non-hydrogen) atoms. The maximum absolute atomic E-state index is 12.7. The highest BCUT2D eigenvalue weighted by molar-refractivity contribution is 5.92. The van der Waals surface area contributed by atoms with Crippen LogP contribution >= 0.6 is 0 Å². The molecule has 1 aliphatic heterocycles. The highest BCUT2D eigenvalue weighted by atomic mass is 16.5. The molecule has 0 unspecified atom stereocenters. The minimum atomic E-state index is 0.0812. The molecule has 0 bridgehead atoms. The van der Waals surface area contributed by atoms with Gasteiger partial charge >= 0.3 is 0 Å². The zero-order chi connectivity index (χ0) is 18.9. The summed E-state index contributed by atoms with van der Waals surface area (Å²) in [4.78, 5) is 16.9. The molecule has 4 heteroatoms. The Kier molecular flexibility index (Phi) is 7.52. The van der Waals surface area contributed by atoms with Gasteiger partial charge in [-0.2, -0.15) is 0 Å². The molecule has 1 aromatic carbocycles. The molecule has 1 heterocycles. The number of rotatable bonds is 7. The summed E-state index contributed by atoms with van der Waals surface area (Å²) < 4.78 is 5.40. The number of anilines is 1. The summed E-state index contributed by atoms with van der Waals surface area (Å²) in [6, 6.07) is 8.40. The van der Waals surface area contributed by atoms with Crippen LogP contribution in [0.3, 0.4) is 0 Å². The van der Waals surface area contributed by atoms with Gasteiger partial charge in [0, 0.05) is 37.9 Å². The molecule has 3 rings (SSSR count). The lowest BCUT2D eigenvalue weighted by molar-refractivity contribution is -0.126. The lowest BCUT2D eigenvalue weighted by atomic mass is 9.89. The zero-order valence-electron chi connectivity index (χ0n) is 16.3.